The predicted molar refractivity (Wildman–Crippen MR) is 56.1 cm³/mol. The van der Waals surface area contributed by atoms with Crippen molar-refractivity contribution in [3.05, 3.63) is 30.2 Å². The molecule has 74 valence electrons. The van der Waals surface area contributed by atoms with Crippen LogP contribution in [0.5, 0.6) is 0 Å². The highest BCUT2D eigenvalue weighted by Gasteiger charge is 2.10. The fourth-order valence-electron chi connectivity index (χ4n) is 1.52. The zero-order valence-electron chi connectivity index (χ0n) is 8.23. The molecule has 0 amide bonds. The van der Waals surface area contributed by atoms with Crippen LogP contribution in [-0.4, -0.2) is 11.5 Å². The summed E-state index contributed by atoms with van der Waals surface area (Å²) in [6, 6.07) is 5.81. The summed E-state index contributed by atoms with van der Waals surface area (Å²) in [7, 11) is 0. The minimum Gasteiger partial charge on any atom is -0.459 e. The van der Waals surface area contributed by atoms with Gasteiger partial charge in [-0.15, -0.1) is 0 Å². The number of furan rings is 1. The van der Waals surface area contributed by atoms with Gasteiger partial charge in [0.1, 0.15) is 11.3 Å². The fraction of sp³-hybridized carbons (Fsp3) is 0.364. The van der Waals surface area contributed by atoms with E-state index in [9.17, 15) is 0 Å². The van der Waals surface area contributed by atoms with Gasteiger partial charge < -0.3 is 10.2 Å². The number of fused-ring (bicyclic) bond motifs is 1. The molecule has 0 aliphatic rings. The standard InChI is InChI=1S/C11H14N2O/c1-8(4-5-12)11-7-9-10(14-11)3-2-6-13-9/h2-3,6-8H,4-5,12H2,1H3. The second kappa shape index (κ2) is 3.80. The van der Waals surface area contributed by atoms with Crippen LogP contribution in [0.4, 0.5) is 0 Å². The molecular weight excluding hydrogens is 176 g/mol. The van der Waals surface area contributed by atoms with Gasteiger partial charge in [0.05, 0.1) is 0 Å². The van der Waals surface area contributed by atoms with E-state index in [0.29, 0.717) is 12.5 Å². The third-order valence-electron chi connectivity index (χ3n) is 2.39. The molecule has 0 aromatic carbocycles. The Morgan fingerprint density at radius 1 is 1.57 bits per heavy atom. The number of nitrogens with two attached hydrogens (primary N) is 1. The third-order valence-corrected chi connectivity index (χ3v) is 2.39. The number of hydrogen-bond donors (Lipinski definition) is 1. The lowest BCUT2D eigenvalue weighted by molar-refractivity contribution is 0.492. The van der Waals surface area contributed by atoms with Gasteiger partial charge in [0, 0.05) is 18.2 Å². The number of nitrogens with zero attached hydrogens (tertiary/aromatic N) is 1. The number of hydrogen-bond acceptors (Lipinski definition) is 3. The van der Waals surface area contributed by atoms with Crippen LogP contribution < -0.4 is 5.73 Å². The van der Waals surface area contributed by atoms with Crippen molar-refractivity contribution in [2.24, 2.45) is 5.73 Å². The molecule has 2 N–H and O–H groups in total. The first-order valence-corrected chi connectivity index (χ1v) is 4.86. The van der Waals surface area contributed by atoms with E-state index < -0.39 is 0 Å². The van der Waals surface area contributed by atoms with Crippen molar-refractivity contribution < 1.29 is 4.42 Å². The molecule has 2 heterocycles. The summed E-state index contributed by atoms with van der Waals surface area (Å²) in [6.45, 7) is 2.80. The van der Waals surface area contributed by atoms with Crippen molar-refractivity contribution in [2.75, 3.05) is 6.54 Å². The molecule has 0 spiro atoms. The molecule has 1 atom stereocenters. The Hall–Kier alpha value is -1.35. The Kier molecular flexibility index (Phi) is 2.50. The molecule has 0 fully saturated rings. The molecular formula is C11H14N2O. The lowest BCUT2D eigenvalue weighted by Crippen LogP contribution is -2.03. The van der Waals surface area contributed by atoms with Crippen LogP contribution in [0, 0.1) is 0 Å². The molecule has 2 aromatic rings. The molecule has 1 unspecified atom stereocenters. The maximum Gasteiger partial charge on any atom is 0.152 e. The molecule has 2 aromatic heterocycles. The van der Waals surface area contributed by atoms with Gasteiger partial charge in [-0.2, -0.15) is 0 Å². The zero-order valence-corrected chi connectivity index (χ0v) is 8.23. The molecule has 14 heavy (non-hydrogen) atoms. The second-order valence-electron chi connectivity index (χ2n) is 3.51. The monoisotopic (exact) mass is 190 g/mol. The summed E-state index contributed by atoms with van der Waals surface area (Å²) >= 11 is 0. The summed E-state index contributed by atoms with van der Waals surface area (Å²) in [5, 5.41) is 0. The van der Waals surface area contributed by atoms with E-state index in [1.165, 1.54) is 0 Å². The highest BCUT2D eigenvalue weighted by Crippen LogP contribution is 2.24. The average molecular weight is 190 g/mol. The largest absolute Gasteiger partial charge is 0.459 e. The van der Waals surface area contributed by atoms with Gasteiger partial charge in [0.15, 0.2) is 5.58 Å². The normalized spacial score (nSPS) is 13.3. The van der Waals surface area contributed by atoms with Gasteiger partial charge in [-0.1, -0.05) is 6.92 Å². The van der Waals surface area contributed by atoms with Crippen molar-refractivity contribution >= 4 is 11.1 Å². The third kappa shape index (κ3) is 1.63. The van der Waals surface area contributed by atoms with Crippen LogP contribution in [0.1, 0.15) is 25.0 Å². The second-order valence-corrected chi connectivity index (χ2v) is 3.51. The molecule has 3 heteroatoms. The molecule has 2 rings (SSSR count). The minimum absolute atomic E-state index is 0.370. The molecule has 0 bridgehead atoms. The lowest BCUT2D eigenvalue weighted by atomic mass is 10.1. The van der Waals surface area contributed by atoms with Crippen molar-refractivity contribution in [2.45, 2.75) is 19.3 Å². The highest BCUT2D eigenvalue weighted by molar-refractivity contribution is 5.72. The van der Waals surface area contributed by atoms with Gasteiger partial charge in [-0.05, 0) is 25.1 Å². The number of aromatic nitrogens is 1. The first kappa shape index (κ1) is 9.21. The Morgan fingerprint density at radius 3 is 3.14 bits per heavy atom. The quantitative estimate of drug-likeness (QED) is 0.807. The molecule has 0 saturated carbocycles. The van der Waals surface area contributed by atoms with Crippen LogP contribution in [-0.2, 0) is 0 Å². The van der Waals surface area contributed by atoms with E-state index in [4.69, 9.17) is 10.2 Å². The Labute approximate surface area is 82.9 Å². The van der Waals surface area contributed by atoms with Crippen LogP contribution in [0.25, 0.3) is 11.1 Å². The van der Waals surface area contributed by atoms with Gasteiger partial charge in [-0.3, -0.25) is 4.98 Å². The fourth-order valence-corrected chi connectivity index (χ4v) is 1.52. The first-order valence-electron chi connectivity index (χ1n) is 4.86. The summed E-state index contributed by atoms with van der Waals surface area (Å²) in [6.07, 6.45) is 2.72. The summed E-state index contributed by atoms with van der Waals surface area (Å²) in [4.78, 5) is 4.22. The van der Waals surface area contributed by atoms with Crippen molar-refractivity contribution in [3.8, 4) is 0 Å². The van der Waals surface area contributed by atoms with Crippen LogP contribution in [0.2, 0.25) is 0 Å². The van der Waals surface area contributed by atoms with Crippen molar-refractivity contribution in [1.82, 2.24) is 4.98 Å². The van der Waals surface area contributed by atoms with Crippen molar-refractivity contribution in [3.63, 3.8) is 0 Å². The Balaban J connectivity index is 2.35. The number of rotatable bonds is 3. The Bertz CT molecular complexity index is 389. The first-order chi connectivity index (χ1) is 6.81. The molecule has 0 aliphatic heterocycles. The van der Waals surface area contributed by atoms with Gasteiger partial charge >= 0.3 is 0 Å². The highest BCUT2D eigenvalue weighted by atomic mass is 16.3. The maximum atomic E-state index is 5.66. The van der Waals surface area contributed by atoms with Gasteiger partial charge in [0.25, 0.3) is 0 Å². The maximum absolute atomic E-state index is 5.66. The minimum atomic E-state index is 0.370. The molecule has 0 saturated heterocycles. The number of pyridine rings is 1. The summed E-state index contributed by atoms with van der Waals surface area (Å²) in [5.74, 6) is 1.35. The smallest absolute Gasteiger partial charge is 0.152 e. The van der Waals surface area contributed by atoms with E-state index in [1.807, 2.05) is 18.2 Å². The lowest BCUT2D eigenvalue weighted by Gasteiger charge is -2.04. The zero-order chi connectivity index (χ0) is 9.97. The van der Waals surface area contributed by atoms with E-state index in [-0.39, 0.29) is 0 Å². The SMILES string of the molecule is CC(CCN)c1cc2ncccc2o1. The van der Waals surface area contributed by atoms with E-state index in [1.54, 1.807) is 6.20 Å². The van der Waals surface area contributed by atoms with Gasteiger partial charge in [0.2, 0.25) is 0 Å². The average Bonchev–Trinajstić information content (AvgIpc) is 2.61. The summed E-state index contributed by atoms with van der Waals surface area (Å²) in [5.41, 5.74) is 7.28. The van der Waals surface area contributed by atoms with E-state index in [0.717, 1.165) is 23.3 Å². The molecule has 0 radical (unpaired) electrons. The van der Waals surface area contributed by atoms with E-state index in [2.05, 4.69) is 11.9 Å². The summed E-state index contributed by atoms with van der Waals surface area (Å²) < 4.78 is 5.66. The van der Waals surface area contributed by atoms with E-state index >= 15 is 0 Å². The van der Waals surface area contributed by atoms with Crippen LogP contribution in [0.15, 0.2) is 28.8 Å². The predicted octanol–water partition coefficient (Wildman–Crippen LogP) is 2.28. The molecule has 3 nitrogen and oxygen atoms in total. The van der Waals surface area contributed by atoms with Crippen LogP contribution in [0.3, 0.4) is 0 Å². The molecule has 0 aliphatic carbocycles. The van der Waals surface area contributed by atoms with Crippen molar-refractivity contribution in [1.29, 1.82) is 0 Å². The van der Waals surface area contributed by atoms with Gasteiger partial charge in [-0.25, -0.2) is 0 Å². The topological polar surface area (TPSA) is 52.0 Å². The van der Waals surface area contributed by atoms with Crippen LogP contribution >= 0.6 is 0 Å². The Morgan fingerprint density at radius 2 is 2.43 bits per heavy atom.